The third-order valence-corrected chi connectivity index (χ3v) is 14.8. The summed E-state index contributed by atoms with van der Waals surface area (Å²) in [6.07, 6.45) is -0.268. The molecule has 3 aromatic rings. The summed E-state index contributed by atoms with van der Waals surface area (Å²) in [5, 5.41) is 3.33. The van der Waals surface area contributed by atoms with Gasteiger partial charge in [-0.05, 0) is 106 Å². The predicted octanol–water partition coefficient (Wildman–Crippen LogP) is 6.61. The van der Waals surface area contributed by atoms with Crippen molar-refractivity contribution in [2.75, 3.05) is 13.6 Å². The molecule has 2 saturated carbocycles. The molecule has 2 aromatic carbocycles. The van der Waals surface area contributed by atoms with Gasteiger partial charge in [-0.1, -0.05) is 36.4 Å². The van der Waals surface area contributed by atoms with E-state index < -0.39 is 44.0 Å². The van der Waals surface area contributed by atoms with Gasteiger partial charge < -0.3 is 29.8 Å². The summed E-state index contributed by atoms with van der Waals surface area (Å²) < 4.78 is 69.6. The number of benzene rings is 2. The van der Waals surface area contributed by atoms with E-state index >= 15 is 0 Å². The van der Waals surface area contributed by atoms with Crippen molar-refractivity contribution >= 4 is 46.7 Å². The molecule has 3 amide bonds. The van der Waals surface area contributed by atoms with Crippen LogP contribution in [0, 0.1) is 0 Å². The van der Waals surface area contributed by atoms with Crippen LogP contribution >= 0.6 is 18.9 Å². The van der Waals surface area contributed by atoms with E-state index in [2.05, 4.69) is 27.1 Å². The van der Waals surface area contributed by atoms with E-state index in [0.29, 0.717) is 42.3 Å². The molecule has 0 bridgehead atoms. The standard InChI is InChI=1S/C39H45F4N4O7PS/c1-45(28-18-29(19-28)54-39(41,42)43)26-8-10-30(44-35(48)33-16-24-15-23(7-12-32(24)56-33)34(40)55(51,52)53)36(49)47-27(17-26)9-11-31(47)37(50)46-21-25(20-38(46)13-14-38)22-5-3-2-4-6-22/h2-7,12,15-16,25-31,34H,8-11,13-14,17-21H2,1H3,(H,44,48)(H2,51,52,53)/t25-,26+,27-,28?,29?,30+,31+,34+/m1/s1. The predicted molar refractivity (Wildman–Crippen MR) is 199 cm³/mol. The fraction of sp³-hybridized carbons (Fsp3) is 0.564. The number of likely N-dealkylation sites (tertiary alicyclic amines) is 1. The number of nitrogens with zero attached hydrogens (tertiary/aromatic N) is 3. The summed E-state index contributed by atoms with van der Waals surface area (Å²) in [6, 6.07) is 13.3. The van der Waals surface area contributed by atoms with E-state index in [9.17, 15) is 46.3 Å². The van der Waals surface area contributed by atoms with Crippen LogP contribution in [0.25, 0.3) is 10.1 Å². The Bertz CT molecular complexity index is 2040. The molecule has 17 heteroatoms. The second-order valence-electron chi connectivity index (χ2n) is 16.3. The lowest BCUT2D eigenvalue weighted by atomic mass is 9.85. The highest BCUT2D eigenvalue weighted by Gasteiger charge is 2.59. The van der Waals surface area contributed by atoms with Gasteiger partial charge in [-0.2, -0.15) is 0 Å². The molecule has 5 aliphatic rings. The van der Waals surface area contributed by atoms with Crippen molar-refractivity contribution in [3.63, 3.8) is 0 Å². The second-order valence-corrected chi connectivity index (χ2v) is 19.0. The first-order valence-electron chi connectivity index (χ1n) is 19.2. The van der Waals surface area contributed by atoms with E-state index in [-0.39, 0.29) is 71.1 Å². The first kappa shape index (κ1) is 39.4. The Hall–Kier alpha value is -3.40. The van der Waals surface area contributed by atoms with Crippen LogP contribution in [-0.4, -0.2) is 104 Å². The van der Waals surface area contributed by atoms with E-state index in [1.807, 2.05) is 30.1 Å². The van der Waals surface area contributed by atoms with Gasteiger partial charge in [0.2, 0.25) is 17.7 Å². The van der Waals surface area contributed by atoms with E-state index in [1.54, 1.807) is 4.90 Å². The van der Waals surface area contributed by atoms with Gasteiger partial charge in [0.05, 0.1) is 11.0 Å². The fourth-order valence-electron chi connectivity index (χ4n) is 9.61. The summed E-state index contributed by atoms with van der Waals surface area (Å²) >= 11 is 1.09. The van der Waals surface area contributed by atoms with Gasteiger partial charge >= 0.3 is 14.0 Å². The maximum atomic E-state index is 14.7. The van der Waals surface area contributed by atoms with Gasteiger partial charge in [-0.15, -0.1) is 24.5 Å². The number of rotatable bonds is 9. The number of carbonyl (C=O) groups excluding carboxylic acids is 3. The molecule has 6 atom stereocenters. The Morgan fingerprint density at radius 2 is 1.75 bits per heavy atom. The van der Waals surface area contributed by atoms with Gasteiger partial charge in [0.1, 0.15) is 12.1 Å². The lowest BCUT2D eigenvalue weighted by Crippen LogP contribution is -2.60. The molecule has 2 aliphatic carbocycles. The number of carbonyl (C=O) groups is 3. The fourth-order valence-corrected chi connectivity index (χ4v) is 11.1. The topological polar surface area (TPSA) is 140 Å². The van der Waals surface area contributed by atoms with E-state index in [1.165, 1.54) is 29.8 Å². The number of hydrogen-bond acceptors (Lipinski definition) is 7. The molecule has 11 nitrogen and oxygen atoms in total. The number of halogens is 4. The molecule has 56 heavy (non-hydrogen) atoms. The van der Waals surface area contributed by atoms with Crippen molar-refractivity contribution in [3.8, 4) is 0 Å². The normalized spacial score (nSPS) is 29.6. The molecular formula is C39H45F4N4O7PS. The van der Waals surface area contributed by atoms with Crippen molar-refractivity contribution in [2.45, 2.75) is 124 Å². The minimum atomic E-state index is -5.05. The number of nitrogens with one attached hydrogen (secondary N) is 1. The van der Waals surface area contributed by atoms with E-state index in [4.69, 9.17) is 0 Å². The van der Waals surface area contributed by atoms with Crippen LogP contribution < -0.4 is 5.32 Å². The van der Waals surface area contributed by atoms with Crippen LogP contribution in [0.2, 0.25) is 0 Å². The number of fused-ring (bicyclic) bond motifs is 2. The SMILES string of the molecule is CN(C1CC(OC(F)(F)F)C1)[C@H]1CC[C@H](NC(=O)c2cc3cc([C@@H](F)P(=O)(O)O)ccc3s2)C(=O)N2[C@H](CC[C@H]2C(=O)N2C[C@H](c3ccccc3)CC23CC3)C1. The molecular weight excluding hydrogens is 775 g/mol. The van der Waals surface area contributed by atoms with Gasteiger partial charge in [0.25, 0.3) is 5.91 Å². The molecule has 0 radical (unpaired) electrons. The smallest absolute Gasteiger partial charge is 0.340 e. The molecule has 0 unspecified atom stereocenters. The zero-order chi connectivity index (χ0) is 39.7. The maximum absolute atomic E-state index is 14.7. The molecule has 3 N–H and O–H groups in total. The van der Waals surface area contributed by atoms with Crippen LogP contribution in [0.1, 0.15) is 96.8 Å². The molecule has 3 aliphatic heterocycles. The highest BCUT2D eigenvalue weighted by molar-refractivity contribution is 7.51. The highest BCUT2D eigenvalue weighted by Crippen LogP contribution is 2.55. The lowest BCUT2D eigenvalue weighted by Gasteiger charge is -2.47. The van der Waals surface area contributed by atoms with Crippen molar-refractivity contribution in [1.29, 1.82) is 0 Å². The second kappa shape index (κ2) is 14.8. The molecule has 8 rings (SSSR count). The monoisotopic (exact) mass is 820 g/mol. The van der Waals surface area contributed by atoms with Crippen LogP contribution in [-0.2, 0) is 18.9 Å². The third-order valence-electron chi connectivity index (χ3n) is 12.8. The number of thiophene rings is 1. The Morgan fingerprint density at radius 1 is 1.02 bits per heavy atom. The van der Waals surface area contributed by atoms with Crippen molar-refractivity contribution in [3.05, 3.63) is 70.6 Å². The number of ether oxygens (including phenoxy) is 1. The van der Waals surface area contributed by atoms with E-state index in [0.717, 1.165) is 30.6 Å². The molecule has 1 spiro atoms. The third kappa shape index (κ3) is 7.77. The minimum Gasteiger partial charge on any atom is -0.340 e. The number of amides is 3. The first-order chi connectivity index (χ1) is 26.5. The number of hydrogen-bond donors (Lipinski definition) is 3. The van der Waals surface area contributed by atoms with Crippen LogP contribution in [0.3, 0.4) is 0 Å². The quantitative estimate of drug-likeness (QED) is 0.162. The Labute approximate surface area is 325 Å². The summed E-state index contributed by atoms with van der Waals surface area (Å²) in [4.78, 5) is 67.8. The summed E-state index contributed by atoms with van der Waals surface area (Å²) in [7, 11) is -3.17. The Kier molecular flexibility index (Phi) is 10.4. The molecule has 3 saturated heterocycles. The highest BCUT2D eigenvalue weighted by atomic mass is 32.1. The zero-order valence-corrected chi connectivity index (χ0v) is 32.4. The first-order valence-corrected chi connectivity index (χ1v) is 21.7. The van der Waals surface area contributed by atoms with Gasteiger partial charge in [-0.3, -0.25) is 23.7 Å². The summed E-state index contributed by atoms with van der Waals surface area (Å²) in [5.74, 6) is -3.33. The van der Waals surface area contributed by atoms with Crippen molar-refractivity contribution in [1.82, 2.24) is 20.0 Å². The minimum absolute atomic E-state index is 0.0831. The largest absolute Gasteiger partial charge is 0.522 e. The summed E-state index contributed by atoms with van der Waals surface area (Å²) in [6.45, 7) is 0.561. The average Bonchev–Trinajstić information content (AvgIpc) is 3.43. The van der Waals surface area contributed by atoms with Crippen molar-refractivity contribution < 1.29 is 51.0 Å². The number of alkyl halides is 4. The molecule has 1 aromatic heterocycles. The van der Waals surface area contributed by atoms with Crippen LogP contribution in [0.5, 0.6) is 0 Å². The van der Waals surface area contributed by atoms with Gasteiger partial charge in [-0.25, -0.2) is 4.39 Å². The van der Waals surface area contributed by atoms with Gasteiger partial charge in [0.15, 0.2) is 0 Å². The molecule has 4 heterocycles. The summed E-state index contributed by atoms with van der Waals surface area (Å²) in [5.41, 5.74) is 0.725. The maximum Gasteiger partial charge on any atom is 0.522 e. The van der Waals surface area contributed by atoms with Crippen molar-refractivity contribution in [2.24, 2.45) is 0 Å². The Morgan fingerprint density at radius 3 is 2.43 bits per heavy atom. The Balaban J connectivity index is 1.04. The van der Waals surface area contributed by atoms with Gasteiger partial charge in [0, 0.05) is 40.8 Å². The zero-order valence-electron chi connectivity index (χ0n) is 30.7. The average molecular weight is 821 g/mol. The molecule has 302 valence electrons. The van der Waals surface area contributed by atoms with Crippen LogP contribution in [0.15, 0.2) is 54.6 Å². The lowest BCUT2D eigenvalue weighted by molar-refractivity contribution is -0.354. The van der Waals surface area contributed by atoms with Crippen LogP contribution in [0.4, 0.5) is 17.6 Å². The molecule has 5 fully saturated rings.